The SMILES string of the molecule is CC[C@H](C)[C@H](NC(=O)[C@H](CC(C)C)NC(=O)[C@H](CC(C(=O)O)C(=O)O)NC(=O)[C@H](CC(=O)O)NC(C)=O)C(=O)N[C@@H](CC1CCCCC1)C(=O)N[C@@H](CS)C(=O)O. The molecule has 0 aliphatic heterocycles. The molecule has 0 aromatic heterocycles. The number of carbonyl (C=O) groups is 10. The van der Waals surface area contributed by atoms with E-state index in [0.717, 1.165) is 39.0 Å². The van der Waals surface area contributed by atoms with Gasteiger partial charge in [-0.1, -0.05) is 66.2 Å². The molecule has 322 valence electrons. The van der Waals surface area contributed by atoms with Gasteiger partial charge in [0.1, 0.15) is 36.3 Å². The van der Waals surface area contributed by atoms with E-state index in [2.05, 4.69) is 44.5 Å². The molecule has 57 heavy (non-hydrogen) atoms. The van der Waals surface area contributed by atoms with Gasteiger partial charge in [-0.2, -0.15) is 12.6 Å². The van der Waals surface area contributed by atoms with Crippen LogP contribution in [0.3, 0.4) is 0 Å². The topological polar surface area (TPSA) is 324 Å². The highest BCUT2D eigenvalue weighted by molar-refractivity contribution is 7.80. The number of hydrogen-bond donors (Lipinski definition) is 11. The summed E-state index contributed by atoms with van der Waals surface area (Å²) in [7, 11) is 0. The zero-order valence-electron chi connectivity index (χ0n) is 32.9. The van der Waals surface area contributed by atoms with Crippen molar-refractivity contribution in [1.29, 1.82) is 0 Å². The number of hydrogen-bond acceptors (Lipinski definition) is 11. The van der Waals surface area contributed by atoms with Crippen molar-refractivity contribution in [3.8, 4) is 0 Å². The second kappa shape index (κ2) is 24.6. The quantitative estimate of drug-likeness (QED) is 0.0414. The Morgan fingerprint density at radius 2 is 1.07 bits per heavy atom. The molecule has 0 heterocycles. The minimum Gasteiger partial charge on any atom is -0.481 e. The molecule has 21 heteroatoms. The second-order valence-corrected chi connectivity index (χ2v) is 15.2. The fourth-order valence-electron chi connectivity index (χ4n) is 6.31. The molecule has 0 aromatic carbocycles. The van der Waals surface area contributed by atoms with Crippen molar-refractivity contribution in [3.63, 3.8) is 0 Å². The van der Waals surface area contributed by atoms with Gasteiger partial charge in [0, 0.05) is 19.1 Å². The largest absolute Gasteiger partial charge is 0.481 e. The molecule has 1 aliphatic rings. The lowest BCUT2D eigenvalue weighted by molar-refractivity contribution is -0.155. The monoisotopic (exact) mass is 830 g/mol. The third-order valence-corrected chi connectivity index (χ3v) is 10.00. The van der Waals surface area contributed by atoms with Crippen molar-refractivity contribution in [3.05, 3.63) is 0 Å². The molecule has 7 atom stereocenters. The van der Waals surface area contributed by atoms with E-state index >= 15 is 0 Å². The molecule has 1 fully saturated rings. The molecule has 10 N–H and O–H groups in total. The van der Waals surface area contributed by atoms with Gasteiger partial charge in [-0.15, -0.1) is 0 Å². The van der Waals surface area contributed by atoms with Crippen molar-refractivity contribution in [2.24, 2.45) is 23.7 Å². The van der Waals surface area contributed by atoms with Crippen molar-refractivity contribution >= 4 is 71.9 Å². The summed E-state index contributed by atoms with van der Waals surface area (Å²) in [4.78, 5) is 126. The van der Waals surface area contributed by atoms with Gasteiger partial charge in [0.2, 0.25) is 35.4 Å². The molecular weight excluding hydrogens is 772 g/mol. The van der Waals surface area contributed by atoms with Crippen molar-refractivity contribution < 1.29 is 68.4 Å². The lowest BCUT2D eigenvalue weighted by Gasteiger charge is -2.31. The van der Waals surface area contributed by atoms with Crippen LogP contribution in [0.2, 0.25) is 0 Å². The molecule has 1 saturated carbocycles. The van der Waals surface area contributed by atoms with Crippen molar-refractivity contribution in [2.75, 3.05) is 5.75 Å². The van der Waals surface area contributed by atoms with Crippen LogP contribution in [-0.4, -0.2) is 122 Å². The fraction of sp³-hybridized carbons (Fsp3) is 0.722. The molecule has 0 unspecified atom stereocenters. The van der Waals surface area contributed by atoms with Crippen LogP contribution in [0.5, 0.6) is 0 Å². The number of carbonyl (C=O) groups excluding carboxylic acids is 6. The van der Waals surface area contributed by atoms with Crippen molar-refractivity contribution in [1.82, 2.24) is 31.9 Å². The maximum absolute atomic E-state index is 13.9. The smallest absolute Gasteiger partial charge is 0.327 e. The van der Waals surface area contributed by atoms with Gasteiger partial charge in [-0.3, -0.25) is 43.2 Å². The summed E-state index contributed by atoms with van der Waals surface area (Å²) in [5, 5.41) is 52.1. The Bertz CT molecular complexity index is 1440. The van der Waals surface area contributed by atoms with Crippen molar-refractivity contribution in [2.45, 2.75) is 135 Å². The highest BCUT2D eigenvalue weighted by Crippen LogP contribution is 2.27. The van der Waals surface area contributed by atoms with Crippen LogP contribution in [0.4, 0.5) is 0 Å². The molecule has 0 aromatic rings. The Labute approximate surface area is 336 Å². The Kier molecular flexibility index (Phi) is 21.6. The molecule has 0 radical (unpaired) electrons. The molecule has 0 spiro atoms. The van der Waals surface area contributed by atoms with Crippen LogP contribution in [0.15, 0.2) is 0 Å². The van der Waals surface area contributed by atoms with Gasteiger partial charge >= 0.3 is 23.9 Å². The van der Waals surface area contributed by atoms with Gasteiger partial charge < -0.3 is 52.3 Å². The van der Waals surface area contributed by atoms with Gasteiger partial charge in [0.25, 0.3) is 0 Å². The van der Waals surface area contributed by atoms with Gasteiger partial charge in [-0.25, -0.2) is 4.79 Å². The summed E-state index contributed by atoms with van der Waals surface area (Å²) < 4.78 is 0. The third kappa shape index (κ3) is 17.8. The van der Waals surface area contributed by atoms with Crippen LogP contribution < -0.4 is 31.9 Å². The fourth-order valence-corrected chi connectivity index (χ4v) is 6.56. The summed E-state index contributed by atoms with van der Waals surface area (Å²) in [6.45, 7) is 7.79. The number of thiol groups is 1. The van der Waals surface area contributed by atoms with Gasteiger partial charge in [0.05, 0.1) is 6.42 Å². The summed E-state index contributed by atoms with van der Waals surface area (Å²) in [6.07, 6.45) is 2.95. The summed E-state index contributed by atoms with van der Waals surface area (Å²) in [6, 6.07) is -8.96. The van der Waals surface area contributed by atoms with E-state index < -0.39 is 120 Å². The molecule has 1 rings (SSSR count). The van der Waals surface area contributed by atoms with E-state index in [9.17, 15) is 68.4 Å². The molecule has 0 bridgehead atoms. The van der Waals surface area contributed by atoms with Crippen LogP contribution in [0.1, 0.15) is 98.8 Å². The van der Waals surface area contributed by atoms with Gasteiger partial charge in [-0.05, 0) is 30.6 Å². The maximum atomic E-state index is 13.9. The second-order valence-electron chi connectivity index (χ2n) is 14.8. The van der Waals surface area contributed by atoms with E-state index in [1.54, 1.807) is 27.7 Å². The first-order valence-corrected chi connectivity index (χ1v) is 19.5. The predicted octanol–water partition coefficient (Wildman–Crippen LogP) is -0.358. The highest BCUT2D eigenvalue weighted by Gasteiger charge is 2.38. The first kappa shape index (κ1) is 50.1. The number of amides is 6. The number of carboxylic acids is 4. The average molecular weight is 831 g/mol. The Balaban J connectivity index is 3.48. The highest BCUT2D eigenvalue weighted by atomic mass is 32.1. The first-order chi connectivity index (χ1) is 26.6. The lowest BCUT2D eigenvalue weighted by Crippen LogP contribution is -2.61. The molecule has 6 amide bonds. The third-order valence-electron chi connectivity index (χ3n) is 9.63. The number of nitrogens with one attached hydrogen (secondary N) is 6. The number of aliphatic carboxylic acids is 4. The Morgan fingerprint density at radius 3 is 1.53 bits per heavy atom. The van der Waals surface area contributed by atoms with Gasteiger partial charge in [0.15, 0.2) is 5.92 Å². The predicted molar refractivity (Wildman–Crippen MR) is 204 cm³/mol. The Morgan fingerprint density at radius 1 is 0.596 bits per heavy atom. The average Bonchev–Trinajstić information content (AvgIpc) is 3.12. The van der Waals surface area contributed by atoms with E-state index in [-0.39, 0.29) is 30.4 Å². The normalized spacial score (nSPS) is 16.7. The van der Waals surface area contributed by atoms with E-state index in [1.165, 1.54) is 0 Å². The van der Waals surface area contributed by atoms with Crippen LogP contribution >= 0.6 is 12.6 Å². The molecule has 0 saturated heterocycles. The van der Waals surface area contributed by atoms with Crippen LogP contribution in [0, 0.1) is 23.7 Å². The Hall–Kier alpha value is -4.95. The lowest BCUT2D eigenvalue weighted by atomic mass is 9.84. The molecule has 20 nitrogen and oxygen atoms in total. The number of rotatable bonds is 25. The van der Waals surface area contributed by atoms with E-state index in [4.69, 9.17) is 0 Å². The summed E-state index contributed by atoms with van der Waals surface area (Å²) in [5.74, 6) is -15.5. The number of carboxylic acid groups (broad SMARTS) is 4. The first-order valence-electron chi connectivity index (χ1n) is 18.9. The zero-order valence-corrected chi connectivity index (χ0v) is 33.8. The zero-order chi connectivity index (χ0) is 43.6. The molecule has 1 aliphatic carbocycles. The standard InChI is InChI=1S/C36H58N6O14S/c1-6-18(4)28(33(50)40-23(13-20-10-8-7-9-11-20)29(46)41-26(16-57)36(55)56)42-32(49)22(12-17(2)3)38-30(47)24(14-21(34(51)52)35(53)54)39-31(48)25(15-27(44)45)37-19(5)43/h17-18,20-26,28,57H,6-16H2,1-5H3,(H,37,43)(H,38,47)(H,39,48)(H,40,50)(H,41,46)(H,42,49)(H,44,45)(H,51,52)(H,53,54)(H,55,56)/t18-,22-,23-,24-,25-,26-,28-/m0/s1. The summed E-state index contributed by atoms with van der Waals surface area (Å²) >= 11 is 4.00. The minimum atomic E-state index is -2.24. The van der Waals surface area contributed by atoms with Crippen LogP contribution in [0.25, 0.3) is 0 Å². The summed E-state index contributed by atoms with van der Waals surface area (Å²) in [5.41, 5.74) is 0. The molecular formula is C36H58N6O14S. The van der Waals surface area contributed by atoms with E-state index in [0.29, 0.717) is 6.42 Å². The maximum Gasteiger partial charge on any atom is 0.327 e. The minimum absolute atomic E-state index is 0.0595. The van der Waals surface area contributed by atoms with E-state index in [1.807, 2.05) is 0 Å². The van der Waals surface area contributed by atoms with Crippen LogP contribution in [-0.2, 0) is 47.9 Å².